The number of nitrogens with one attached hydrogen (secondary N) is 1. The number of imidazole rings is 1. The number of likely N-dealkylation sites (N-methyl/N-ethyl adjacent to an activating group) is 1. The predicted octanol–water partition coefficient (Wildman–Crippen LogP) is 1.48. The van der Waals surface area contributed by atoms with Gasteiger partial charge >= 0.3 is 0 Å². The molecule has 1 aliphatic rings. The highest BCUT2D eigenvalue weighted by atomic mass is 16.3. The highest BCUT2D eigenvalue weighted by Gasteiger charge is 2.15. The molecule has 0 bridgehead atoms. The van der Waals surface area contributed by atoms with Gasteiger partial charge in [0.25, 0.3) is 0 Å². The van der Waals surface area contributed by atoms with Crippen LogP contribution in [0.15, 0.2) is 30.6 Å². The largest absolute Gasteiger partial charge is 0.492 e. The van der Waals surface area contributed by atoms with Crippen LogP contribution in [0.2, 0.25) is 0 Å². The predicted molar refractivity (Wildman–Crippen MR) is 88.5 cm³/mol. The van der Waals surface area contributed by atoms with Gasteiger partial charge in [0.2, 0.25) is 5.88 Å². The van der Waals surface area contributed by atoms with E-state index in [0.29, 0.717) is 17.0 Å². The molecule has 0 spiro atoms. The van der Waals surface area contributed by atoms with Crippen molar-refractivity contribution in [2.75, 3.05) is 38.1 Å². The summed E-state index contributed by atoms with van der Waals surface area (Å²) in [6, 6.07) is 8.14. The summed E-state index contributed by atoms with van der Waals surface area (Å²) in [5, 5.41) is 9.94. The van der Waals surface area contributed by atoms with Gasteiger partial charge in [0.1, 0.15) is 0 Å². The van der Waals surface area contributed by atoms with E-state index in [2.05, 4.69) is 48.9 Å². The SMILES string of the molecule is CN1CCN(c2ccc(-c3nc(O)c4nc[nH]c4n3)cc2)CC1. The Bertz CT molecular complexity index is 820. The molecule has 2 N–H and O–H groups in total. The number of nitrogens with zero attached hydrogens (tertiary/aromatic N) is 5. The van der Waals surface area contributed by atoms with Gasteiger partial charge in [0, 0.05) is 37.4 Å². The number of aromatic amines is 1. The Balaban J connectivity index is 1.61. The minimum atomic E-state index is -0.102. The third-order valence-electron chi connectivity index (χ3n) is 4.25. The van der Waals surface area contributed by atoms with Gasteiger partial charge in [-0.25, -0.2) is 9.97 Å². The summed E-state index contributed by atoms with van der Waals surface area (Å²) in [6.07, 6.45) is 1.50. The molecule has 118 valence electrons. The molecule has 4 rings (SSSR count). The Labute approximate surface area is 133 Å². The highest BCUT2D eigenvalue weighted by Crippen LogP contribution is 2.25. The molecule has 0 radical (unpaired) electrons. The molecule has 7 heteroatoms. The molecule has 2 aromatic heterocycles. The number of rotatable bonds is 2. The van der Waals surface area contributed by atoms with Crippen LogP contribution in [0.5, 0.6) is 5.88 Å². The van der Waals surface area contributed by atoms with Gasteiger partial charge in [0.05, 0.1) is 6.33 Å². The average molecular weight is 310 g/mol. The first-order valence-electron chi connectivity index (χ1n) is 7.65. The van der Waals surface area contributed by atoms with Gasteiger partial charge in [-0.3, -0.25) is 0 Å². The number of aromatic hydroxyl groups is 1. The number of anilines is 1. The second-order valence-corrected chi connectivity index (χ2v) is 5.81. The fraction of sp³-hybridized carbons (Fsp3) is 0.312. The Morgan fingerprint density at radius 3 is 2.52 bits per heavy atom. The van der Waals surface area contributed by atoms with E-state index in [9.17, 15) is 5.11 Å². The first-order chi connectivity index (χ1) is 11.2. The van der Waals surface area contributed by atoms with Gasteiger partial charge in [0.15, 0.2) is 17.0 Å². The van der Waals surface area contributed by atoms with Crippen molar-refractivity contribution >= 4 is 16.9 Å². The molecule has 1 saturated heterocycles. The first kappa shape index (κ1) is 14.0. The number of hydrogen-bond donors (Lipinski definition) is 2. The number of benzene rings is 1. The van der Waals surface area contributed by atoms with Crippen LogP contribution in [0.25, 0.3) is 22.6 Å². The van der Waals surface area contributed by atoms with Crippen molar-refractivity contribution in [3.8, 4) is 17.3 Å². The average Bonchev–Trinajstić information content (AvgIpc) is 3.05. The minimum Gasteiger partial charge on any atom is -0.492 e. The van der Waals surface area contributed by atoms with Crippen LogP contribution in [-0.4, -0.2) is 63.2 Å². The van der Waals surface area contributed by atoms with Crippen LogP contribution in [0, 0.1) is 0 Å². The van der Waals surface area contributed by atoms with Gasteiger partial charge < -0.3 is 19.9 Å². The monoisotopic (exact) mass is 310 g/mol. The zero-order valence-electron chi connectivity index (χ0n) is 12.9. The Hall–Kier alpha value is -2.67. The molecule has 0 aliphatic carbocycles. The van der Waals surface area contributed by atoms with Crippen LogP contribution in [0.3, 0.4) is 0 Å². The molecule has 1 aromatic carbocycles. The molecule has 1 fully saturated rings. The number of piperazine rings is 1. The molecule has 0 unspecified atom stereocenters. The molecule has 23 heavy (non-hydrogen) atoms. The van der Waals surface area contributed by atoms with Crippen molar-refractivity contribution in [1.82, 2.24) is 24.8 Å². The highest BCUT2D eigenvalue weighted by molar-refractivity contribution is 5.78. The van der Waals surface area contributed by atoms with Gasteiger partial charge in [-0.15, -0.1) is 0 Å². The zero-order valence-corrected chi connectivity index (χ0v) is 12.9. The lowest BCUT2D eigenvalue weighted by atomic mass is 10.1. The fourth-order valence-corrected chi connectivity index (χ4v) is 2.84. The second kappa shape index (κ2) is 5.51. The van der Waals surface area contributed by atoms with Crippen molar-refractivity contribution in [2.24, 2.45) is 0 Å². The maximum absolute atomic E-state index is 9.94. The molecule has 0 saturated carbocycles. The molecule has 3 heterocycles. The summed E-state index contributed by atoms with van der Waals surface area (Å²) in [4.78, 5) is 20.2. The van der Waals surface area contributed by atoms with Crippen molar-refractivity contribution in [1.29, 1.82) is 0 Å². The normalized spacial score (nSPS) is 16.1. The van der Waals surface area contributed by atoms with Gasteiger partial charge in [-0.2, -0.15) is 4.98 Å². The second-order valence-electron chi connectivity index (χ2n) is 5.81. The fourth-order valence-electron chi connectivity index (χ4n) is 2.84. The standard InChI is InChI=1S/C16H18N6O/c1-21-6-8-22(9-7-21)12-4-2-11(3-5-12)14-19-15-13(16(23)20-14)17-10-18-15/h2-5,10H,6-9H2,1H3,(H2,17,18,19,20,23). The van der Waals surface area contributed by atoms with Crippen molar-refractivity contribution in [3.05, 3.63) is 30.6 Å². The van der Waals surface area contributed by atoms with E-state index in [1.807, 2.05) is 12.1 Å². The molecular formula is C16H18N6O. The van der Waals surface area contributed by atoms with E-state index in [4.69, 9.17) is 0 Å². The third kappa shape index (κ3) is 2.59. The number of hydrogen-bond acceptors (Lipinski definition) is 6. The molecular weight excluding hydrogens is 292 g/mol. The van der Waals surface area contributed by atoms with Crippen molar-refractivity contribution in [3.63, 3.8) is 0 Å². The first-order valence-corrected chi connectivity index (χ1v) is 7.65. The van der Waals surface area contributed by atoms with Gasteiger partial charge in [-0.05, 0) is 31.3 Å². The maximum atomic E-state index is 9.94. The number of aromatic nitrogens is 4. The summed E-state index contributed by atoms with van der Waals surface area (Å²) in [5.74, 6) is 0.388. The lowest BCUT2D eigenvalue weighted by Crippen LogP contribution is -2.44. The van der Waals surface area contributed by atoms with E-state index in [-0.39, 0.29) is 5.88 Å². The smallest absolute Gasteiger partial charge is 0.243 e. The third-order valence-corrected chi connectivity index (χ3v) is 4.25. The number of H-pyrrole nitrogens is 1. The Kier molecular flexibility index (Phi) is 3.34. The summed E-state index contributed by atoms with van der Waals surface area (Å²) in [5.41, 5.74) is 3.00. The molecule has 1 aliphatic heterocycles. The lowest BCUT2D eigenvalue weighted by Gasteiger charge is -2.34. The van der Waals surface area contributed by atoms with Crippen LogP contribution >= 0.6 is 0 Å². The van der Waals surface area contributed by atoms with E-state index >= 15 is 0 Å². The van der Waals surface area contributed by atoms with Crippen LogP contribution in [0.4, 0.5) is 5.69 Å². The summed E-state index contributed by atoms with van der Waals surface area (Å²) in [7, 11) is 2.15. The summed E-state index contributed by atoms with van der Waals surface area (Å²) < 4.78 is 0. The minimum absolute atomic E-state index is 0.102. The molecule has 3 aromatic rings. The van der Waals surface area contributed by atoms with E-state index in [0.717, 1.165) is 31.7 Å². The topological polar surface area (TPSA) is 81.2 Å². The lowest BCUT2D eigenvalue weighted by molar-refractivity contribution is 0.313. The Morgan fingerprint density at radius 1 is 1.04 bits per heavy atom. The molecule has 0 atom stereocenters. The van der Waals surface area contributed by atoms with E-state index in [1.54, 1.807) is 0 Å². The van der Waals surface area contributed by atoms with Crippen LogP contribution < -0.4 is 4.90 Å². The van der Waals surface area contributed by atoms with E-state index < -0.39 is 0 Å². The van der Waals surface area contributed by atoms with Crippen LogP contribution in [0.1, 0.15) is 0 Å². The molecule has 7 nitrogen and oxygen atoms in total. The van der Waals surface area contributed by atoms with E-state index in [1.165, 1.54) is 12.0 Å². The Morgan fingerprint density at radius 2 is 1.78 bits per heavy atom. The van der Waals surface area contributed by atoms with Gasteiger partial charge in [-0.1, -0.05) is 0 Å². The molecule has 0 amide bonds. The van der Waals surface area contributed by atoms with Crippen LogP contribution in [-0.2, 0) is 0 Å². The zero-order chi connectivity index (χ0) is 15.8. The number of fused-ring (bicyclic) bond motifs is 1. The summed E-state index contributed by atoms with van der Waals surface area (Å²) >= 11 is 0. The van der Waals surface area contributed by atoms with Crippen molar-refractivity contribution < 1.29 is 5.11 Å². The van der Waals surface area contributed by atoms with Crippen molar-refractivity contribution in [2.45, 2.75) is 0 Å². The maximum Gasteiger partial charge on any atom is 0.243 e. The quantitative estimate of drug-likeness (QED) is 0.746. The summed E-state index contributed by atoms with van der Waals surface area (Å²) in [6.45, 7) is 4.23.